The van der Waals surface area contributed by atoms with Crippen molar-refractivity contribution in [3.63, 3.8) is 0 Å². The molecule has 0 saturated heterocycles. The van der Waals surface area contributed by atoms with Gasteiger partial charge in [-0.2, -0.15) is 0 Å². The number of hydrogen-bond donors (Lipinski definition) is 1. The minimum atomic E-state index is -0.118. The Morgan fingerprint density at radius 3 is 2.52 bits per heavy atom. The van der Waals surface area contributed by atoms with Gasteiger partial charge in [0.2, 0.25) is 0 Å². The zero-order chi connectivity index (χ0) is 18.4. The lowest BCUT2D eigenvalue weighted by Gasteiger charge is -2.25. The van der Waals surface area contributed by atoms with Gasteiger partial charge in [0.15, 0.2) is 0 Å². The van der Waals surface area contributed by atoms with Gasteiger partial charge in [-0.15, -0.1) is 0 Å². The van der Waals surface area contributed by atoms with Gasteiger partial charge in [-0.05, 0) is 56.4 Å². The number of ether oxygens (including phenoxy) is 2. The van der Waals surface area contributed by atoms with Crippen LogP contribution in [0, 0.1) is 6.92 Å². The summed E-state index contributed by atoms with van der Waals surface area (Å²) in [5, 5.41) is 3.01. The smallest absolute Gasteiger partial charge is 0.251 e. The number of nitrogens with zero attached hydrogens (tertiary/aromatic N) is 1. The number of nitrogens with one attached hydrogen (secondary N) is 1. The van der Waals surface area contributed by atoms with Gasteiger partial charge < -0.3 is 19.7 Å². The second-order valence-corrected chi connectivity index (χ2v) is 6.15. The molecular formula is C20H26N2O3. The summed E-state index contributed by atoms with van der Waals surface area (Å²) in [5.74, 6) is 1.40. The minimum Gasteiger partial charge on any atom is -0.497 e. The molecule has 0 radical (unpaired) electrons. The summed E-state index contributed by atoms with van der Waals surface area (Å²) in [6.45, 7) is 2.45. The Labute approximate surface area is 149 Å². The van der Waals surface area contributed by atoms with E-state index in [-0.39, 0.29) is 11.9 Å². The molecule has 5 heteroatoms. The Morgan fingerprint density at radius 2 is 1.88 bits per heavy atom. The molecule has 0 heterocycles. The van der Waals surface area contributed by atoms with Gasteiger partial charge in [0.05, 0.1) is 20.3 Å². The lowest BCUT2D eigenvalue weighted by Crippen LogP contribution is -2.34. The Balaban J connectivity index is 2.11. The summed E-state index contributed by atoms with van der Waals surface area (Å²) >= 11 is 0. The molecule has 1 unspecified atom stereocenters. The van der Waals surface area contributed by atoms with Crippen LogP contribution in [0.2, 0.25) is 0 Å². The first-order chi connectivity index (χ1) is 12.0. The Kier molecular flexibility index (Phi) is 6.42. The van der Waals surface area contributed by atoms with Gasteiger partial charge in [-0.1, -0.05) is 18.2 Å². The average Bonchev–Trinajstić information content (AvgIpc) is 2.62. The van der Waals surface area contributed by atoms with E-state index in [1.807, 2.05) is 57.4 Å². The molecule has 134 valence electrons. The van der Waals surface area contributed by atoms with E-state index in [9.17, 15) is 4.79 Å². The molecular weight excluding hydrogens is 316 g/mol. The van der Waals surface area contributed by atoms with Crippen LogP contribution < -0.4 is 14.8 Å². The van der Waals surface area contributed by atoms with E-state index in [1.54, 1.807) is 20.3 Å². The molecule has 0 aliphatic heterocycles. The van der Waals surface area contributed by atoms with Crippen LogP contribution in [0.5, 0.6) is 11.5 Å². The third-order valence-electron chi connectivity index (χ3n) is 4.23. The zero-order valence-electron chi connectivity index (χ0n) is 15.5. The first kappa shape index (κ1) is 18.8. The van der Waals surface area contributed by atoms with Crippen molar-refractivity contribution in [3.05, 3.63) is 59.2 Å². The molecule has 1 atom stereocenters. The lowest BCUT2D eigenvalue weighted by atomic mass is 10.1. The first-order valence-corrected chi connectivity index (χ1v) is 8.19. The van der Waals surface area contributed by atoms with Crippen molar-refractivity contribution in [1.82, 2.24) is 10.2 Å². The molecule has 25 heavy (non-hydrogen) atoms. The van der Waals surface area contributed by atoms with E-state index < -0.39 is 0 Å². The topological polar surface area (TPSA) is 50.8 Å². The molecule has 0 aliphatic rings. The molecule has 5 nitrogen and oxygen atoms in total. The summed E-state index contributed by atoms with van der Waals surface area (Å²) in [6.07, 6.45) is 0. The fourth-order valence-corrected chi connectivity index (χ4v) is 2.70. The van der Waals surface area contributed by atoms with Crippen molar-refractivity contribution in [1.29, 1.82) is 0 Å². The number of rotatable bonds is 7. The van der Waals surface area contributed by atoms with Gasteiger partial charge in [0, 0.05) is 12.1 Å². The lowest BCUT2D eigenvalue weighted by molar-refractivity contribution is 0.0941. The Bertz CT molecular complexity index is 729. The van der Waals surface area contributed by atoms with Crippen LogP contribution in [-0.2, 0) is 0 Å². The van der Waals surface area contributed by atoms with Gasteiger partial charge >= 0.3 is 0 Å². The molecule has 0 aliphatic carbocycles. The number of hydrogen-bond acceptors (Lipinski definition) is 4. The zero-order valence-corrected chi connectivity index (χ0v) is 15.5. The molecule has 0 aromatic heterocycles. The van der Waals surface area contributed by atoms with Crippen LogP contribution in [0.1, 0.15) is 27.5 Å². The molecule has 2 aromatic carbocycles. The molecule has 0 fully saturated rings. The fraction of sp³-hybridized carbons (Fsp3) is 0.350. The van der Waals surface area contributed by atoms with Gasteiger partial charge in [0.25, 0.3) is 5.91 Å². The van der Waals surface area contributed by atoms with Crippen molar-refractivity contribution in [2.75, 3.05) is 34.9 Å². The number of carbonyl (C=O) groups is 1. The van der Waals surface area contributed by atoms with Gasteiger partial charge in [-0.25, -0.2) is 0 Å². The maximum atomic E-state index is 12.5. The molecule has 2 aromatic rings. The highest BCUT2D eigenvalue weighted by Crippen LogP contribution is 2.23. The van der Waals surface area contributed by atoms with E-state index in [2.05, 4.69) is 10.2 Å². The summed E-state index contributed by atoms with van der Waals surface area (Å²) in [5.41, 5.74) is 2.68. The predicted octanol–water partition coefficient (Wildman–Crippen LogP) is 3.04. The average molecular weight is 342 g/mol. The number of carbonyl (C=O) groups excluding carboxylic acids is 1. The maximum absolute atomic E-state index is 12.5. The fourth-order valence-electron chi connectivity index (χ4n) is 2.70. The van der Waals surface area contributed by atoms with E-state index in [1.165, 1.54) is 0 Å². The van der Waals surface area contributed by atoms with Crippen LogP contribution in [0.15, 0.2) is 42.5 Å². The van der Waals surface area contributed by atoms with Crippen molar-refractivity contribution < 1.29 is 14.3 Å². The van der Waals surface area contributed by atoms with Crippen molar-refractivity contribution in [3.8, 4) is 11.5 Å². The Morgan fingerprint density at radius 1 is 1.12 bits per heavy atom. The monoisotopic (exact) mass is 342 g/mol. The van der Waals surface area contributed by atoms with Gasteiger partial charge in [-0.3, -0.25) is 4.79 Å². The van der Waals surface area contributed by atoms with E-state index in [0.29, 0.717) is 17.9 Å². The van der Waals surface area contributed by atoms with Crippen LogP contribution in [0.3, 0.4) is 0 Å². The number of benzene rings is 2. The number of methoxy groups -OCH3 is 2. The van der Waals surface area contributed by atoms with Crippen LogP contribution in [-0.4, -0.2) is 45.7 Å². The molecule has 0 spiro atoms. The summed E-state index contributed by atoms with van der Waals surface area (Å²) in [6, 6.07) is 13.4. The number of amides is 1. The van der Waals surface area contributed by atoms with Crippen LogP contribution >= 0.6 is 0 Å². The number of aryl methyl sites for hydroxylation is 1. The molecule has 0 saturated carbocycles. The third kappa shape index (κ3) is 4.73. The molecule has 2 rings (SSSR count). The highest BCUT2D eigenvalue weighted by molar-refractivity contribution is 5.94. The first-order valence-electron chi connectivity index (χ1n) is 8.19. The van der Waals surface area contributed by atoms with Crippen molar-refractivity contribution >= 4 is 5.91 Å². The largest absolute Gasteiger partial charge is 0.497 e. The normalized spacial score (nSPS) is 11.9. The molecule has 1 N–H and O–H groups in total. The van der Waals surface area contributed by atoms with E-state index >= 15 is 0 Å². The molecule has 0 bridgehead atoms. The van der Waals surface area contributed by atoms with Crippen molar-refractivity contribution in [2.24, 2.45) is 0 Å². The summed E-state index contributed by atoms with van der Waals surface area (Å²) in [4.78, 5) is 14.6. The second kappa shape index (κ2) is 8.53. The van der Waals surface area contributed by atoms with E-state index in [4.69, 9.17) is 9.47 Å². The predicted molar refractivity (Wildman–Crippen MR) is 99.5 cm³/mol. The highest BCUT2D eigenvalue weighted by Gasteiger charge is 2.17. The van der Waals surface area contributed by atoms with Gasteiger partial charge in [0.1, 0.15) is 11.5 Å². The Hall–Kier alpha value is -2.53. The van der Waals surface area contributed by atoms with Crippen molar-refractivity contribution in [2.45, 2.75) is 13.0 Å². The second-order valence-electron chi connectivity index (χ2n) is 6.15. The summed E-state index contributed by atoms with van der Waals surface area (Å²) < 4.78 is 10.6. The maximum Gasteiger partial charge on any atom is 0.251 e. The standard InChI is InChI=1S/C20H26N2O3/c1-14-9-10-16(12-19(14)25-5)20(23)21-13-18(22(2)3)15-7-6-8-17(11-15)24-4/h6-12,18H,13H2,1-5H3,(H,21,23). The quantitative estimate of drug-likeness (QED) is 0.840. The number of likely N-dealkylation sites (N-methyl/N-ethyl adjacent to an activating group) is 1. The third-order valence-corrected chi connectivity index (χ3v) is 4.23. The SMILES string of the molecule is COc1cccc(C(CNC(=O)c2ccc(C)c(OC)c2)N(C)C)c1. The minimum absolute atomic E-state index is 0.0476. The van der Waals surface area contributed by atoms with Crippen LogP contribution in [0.4, 0.5) is 0 Å². The molecule has 1 amide bonds. The van der Waals surface area contributed by atoms with E-state index in [0.717, 1.165) is 16.9 Å². The van der Waals surface area contributed by atoms with Crippen LogP contribution in [0.25, 0.3) is 0 Å². The highest BCUT2D eigenvalue weighted by atomic mass is 16.5. The summed E-state index contributed by atoms with van der Waals surface area (Å²) in [7, 11) is 7.24.